The summed E-state index contributed by atoms with van der Waals surface area (Å²) < 4.78 is 0. The normalized spacial score (nSPS) is 22.5. The van der Waals surface area contributed by atoms with E-state index in [-0.39, 0.29) is 18.0 Å². The van der Waals surface area contributed by atoms with Gasteiger partial charge in [0.2, 0.25) is 5.91 Å². The van der Waals surface area contributed by atoms with Crippen LogP contribution in [0, 0.1) is 0 Å². The molecule has 1 unspecified atom stereocenters. The fourth-order valence-electron chi connectivity index (χ4n) is 2.12. The van der Waals surface area contributed by atoms with Crippen molar-refractivity contribution in [2.45, 2.75) is 25.4 Å². The largest absolute Gasteiger partial charge is 0.344 e. The van der Waals surface area contributed by atoms with Gasteiger partial charge in [-0.15, -0.1) is 0 Å². The van der Waals surface area contributed by atoms with Gasteiger partial charge in [0.15, 0.2) is 0 Å². The molecule has 16 heavy (non-hydrogen) atoms. The summed E-state index contributed by atoms with van der Waals surface area (Å²) in [6, 6.07) is 10.4. The molecule has 3 nitrogen and oxygen atoms in total. The van der Waals surface area contributed by atoms with E-state index in [4.69, 9.17) is 0 Å². The number of rotatable bonds is 3. The van der Waals surface area contributed by atoms with Crippen molar-refractivity contribution in [2.24, 2.45) is 0 Å². The molecule has 2 rings (SSSR count). The quantitative estimate of drug-likeness (QED) is 0.835. The van der Waals surface area contributed by atoms with E-state index in [1.807, 2.05) is 25.2 Å². The molecular formula is C13H18N2O. The molecule has 3 heteroatoms. The zero-order chi connectivity index (χ0) is 11.5. The molecular weight excluding hydrogens is 200 g/mol. The first kappa shape index (κ1) is 11.1. The second kappa shape index (κ2) is 4.66. The maximum absolute atomic E-state index is 11.7. The molecule has 1 aliphatic rings. The van der Waals surface area contributed by atoms with Gasteiger partial charge in [-0.25, -0.2) is 0 Å². The molecule has 1 aliphatic heterocycles. The second-order valence-electron chi connectivity index (χ2n) is 4.40. The second-order valence-corrected chi connectivity index (χ2v) is 4.40. The molecule has 86 valence electrons. The van der Waals surface area contributed by atoms with Crippen molar-refractivity contribution in [1.82, 2.24) is 10.2 Å². The SMILES string of the molecule is C[C@H](NC1CCN(C)C1=O)c1ccccc1. The van der Waals surface area contributed by atoms with Gasteiger partial charge in [-0.05, 0) is 18.9 Å². The van der Waals surface area contributed by atoms with Crippen LogP contribution in [0.25, 0.3) is 0 Å². The number of likely N-dealkylation sites (tertiary alicyclic amines) is 1. The van der Waals surface area contributed by atoms with Gasteiger partial charge in [-0.1, -0.05) is 30.3 Å². The summed E-state index contributed by atoms with van der Waals surface area (Å²) in [5.41, 5.74) is 1.23. The Hall–Kier alpha value is -1.35. The molecule has 0 bridgehead atoms. The van der Waals surface area contributed by atoms with E-state index in [1.165, 1.54) is 5.56 Å². The molecule has 1 aromatic rings. The number of carbonyl (C=O) groups is 1. The lowest BCUT2D eigenvalue weighted by Crippen LogP contribution is -2.38. The summed E-state index contributed by atoms with van der Waals surface area (Å²) in [5.74, 6) is 0.211. The minimum absolute atomic E-state index is 0.0137. The molecule has 0 radical (unpaired) electrons. The lowest BCUT2D eigenvalue weighted by Gasteiger charge is -2.18. The van der Waals surface area contributed by atoms with E-state index in [9.17, 15) is 4.79 Å². The summed E-state index contributed by atoms with van der Waals surface area (Å²) in [4.78, 5) is 13.5. The number of amides is 1. The van der Waals surface area contributed by atoms with E-state index in [0.717, 1.165) is 13.0 Å². The predicted molar refractivity (Wildman–Crippen MR) is 64.0 cm³/mol. The molecule has 1 saturated heterocycles. The lowest BCUT2D eigenvalue weighted by atomic mass is 10.1. The van der Waals surface area contributed by atoms with Gasteiger partial charge < -0.3 is 4.90 Å². The summed E-state index contributed by atoms with van der Waals surface area (Å²) in [6.07, 6.45) is 0.909. The van der Waals surface area contributed by atoms with Crippen molar-refractivity contribution in [1.29, 1.82) is 0 Å². The average molecular weight is 218 g/mol. The Morgan fingerprint density at radius 3 is 2.62 bits per heavy atom. The number of benzene rings is 1. The van der Waals surface area contributed by atoms with Gasteiger partial charge in [0, 0.05) is 19.6 Å². The van der Waals surface area contributed by atoms with Crippen molar-refractivity contribution < 1.29 is 4.79 Å². The van der Waals surface area contributed by atoms with Gasteiger partial charge in [-0.3, -0.25) is 10.1 Å². The van der Waals surface area contributed by atoms with Crippen LogP contribution < -0.4 is 5.32 Å². The third-order valence-corrected chi connectivity index (χ3v) is 3.18. The third-order valence-electron chi connectivity index (χ3n) is 3.18. The summed E-state index contributed by atoms with van der Waals surface area (Å²) in [5, 5.41) is 3.38. The summed E-state index contributed by atoms with van der Waals surface area (Å²) >= 11 is 0. The van der Waals surface area contributed by atoms with Crippen LogP contribution in [-0.4, -0.2) is 30.4 Å². The highest BCUT2D eigenvalue weighted by atomic mass is 16.2. The molecule has 0 aliphatic carbocycles. The summed E-state index contributed by atoms with van der Waals surface area (Å²) in [6.45, 7) is 2.96. The van der Waals surface area contributed by atoms with Crippen molar-refractivity contribution in [3.05, 3.63) is 35.9 Å². The van der Waals surface area contributed by atoms with E-state index in [0.29, 0.717) is 0 Å². The first-order valence-corrected chi connectivity index (χ1v) is 5.74. The van der Waals surface area contributed by atoms with E-state index >= 15 is 0 Å². The predicted octanol–water partition coefficient (Wildman–Crippen LogP) is 1.57. The Balaban J connectivity index is 1.98. The van der Waals surface area contributed by atoms with Crippen LogP contribution in [0.2, 0.25) is 0 Å². The zero-order valence-electron chi connectivity index (χ0n) is 9.81. The Bertz CT molecular complexity index is 363. The van der Waals surface area contributed by atoms with Gasteiger partial charge in [0.05, 0.1) is 6.04 Å². The van der Waals surface area contributed by atoms with Gasteiger partial charge in [-0.2, -0.15) is 0 Å². The fraction of sp³-hybridized carbons (Fsp3) is 0.462. The Labute approximate surface area is 96.5 Å². The molecule has 1 amide bonds. The van der Waals surface area contributed by atoms with Crippen molar-refractivity contribution in [3.63, 3.8) is 0 Å². The van der Waals surface area contributed by atoms with Crippen LogP contribution in [-0.2, 0) is 4.79 Å². The summed E-state index contributed by atoms with van der Waals surface area (Å²) in [7, 11) is 1.86. The number of nitrogens with zero attached hydrogens (tertiary/aromatic N) is 1. The molecule has 0 aromatic heterocycles. The molecule has 0 saturated carbocycles. The Kier molecular flexibility index (Phi) is 3.25. The molecule has 0 spiro atoms. The highest BCUT2D eigenvalue weighted by Gasteiger charge is 2.29. The van der Waals surface area contributed by atoms with Crippen molar-refractivity contribution in [2.75, 3.05) is 13.6 Å². The maximum atomic E-state index is 11.7. The average Bonchev–Trinajstić information content (AvgIpc) is 2.62. The Morgan fingerprint density at radius 1 is 1.38 bits per heavy atom. The first-order chi connectivity index (χ1) is 7.68. The smallest absolute Gasteiger partial charge is 0.239 e. The van der Waals surface area contributed by atoms with E-state index in [2.05, 4.69) is 24.4 Å². The number of hydrogen-bond acceptors (Lipinski definition) is 2. The number of likely N-dealkylation sites (N-methyl/N-ethyl adjacent to an activating group) is 1. The zero-order valence-corrected chi connectivity index (χ0v) is 9.81. The minimum Gasteiger partial charge on any atom is -0.344 e. The highest BCUT2D eigenvalue weighted by molar-refractivity contribution is 5.83. The standard InChI is InChI=1S/C13H18N2O/c1-10(11-6-4-3-5-7-11)14-12-8-9-15(2)13(12)16/h3-7,10,12,14H,8-9H2,1-2H3/t10-,12?/m0/s1. The number of carbonyl (C=O) groups excluding carboxylic acids is 1. The van der Waals surface area contributed by atoms with Crippen LogP contribution in [0.15, 0.2) is 30.3 Å². The van der Waals surface area contributed by atoms with E-state index < -0.39 is 0 Å². The Morgan fingerprint density at radius 2 is 2.06 bits per heavy atom. The number of nitrogens with one attached hydrogen (secondary N) is 1. The van der Waals surface area contributed by atoms with Gasteiger partial charge >= 0.3 is 0 Å². The molecule has 1 heterocycles. The lowest BCUT2D eigenvalue weighted by molar-refractivity contribution is -0.128. The third kappa shape index (κ3) is 2.25. The number of hydrogen-bond donors (Lipinski definition) is 1. The van der Waals surface area contributed by atoms with Crippen LogP contribution in [0.3, 0.4) is 0 Å². The maximum Gasteiger partial charge on any atom is 0.239 e. The topological polar surface area (TPSA) is 32.3 Å². The highest BCUT2D eigenvalue weighted by Crippen LogP contribution is 2.16. The van der Waals surface area contributed by atoms with Crippen LogP contribution in [0.1, 0.15) is 24.9 Å². The van der Waals surface area contributed by atoms with Crippen LogP contribution in [0.5, 0.6) is 0 Å². The van der Waals surface area contributed by atoms with E-state index in [1.54, 1.807) is 4.90 Å². The molecule has 1 N–H and O–H groups in total. The van der Waals surface area contributed by atoms with Crippen molar-refractivity contribution in [3.8, 4) is 0 Å². The monoisotopic (exact) mass is 218 g/mol. The fourth-order valence-corrected chi connectivity index (χ4v) is 2.12. The molecule has 1 fully saturated rings. The van der Waals surface area contributed by atoms with Gasteiger partial charge in [0.25, 0.3) is 0 Å². The molecule has 2 atom stereocenters. The van der Waals surface area contributed by atoms with Gasteiger partial charge in [0.1, 0.15) is 0 Å². The van der Waals surface area contributed by atoms with Crippen molar-refractivity contribution >= 4 is 5.91 Å². The van der Waals surface area contributed by atoms with Crippen LogP contribution in [0.4, 0.5) is 0 Å². The van der Waals surface area contributed by atoms with Crippen LogP contribution >= 0.6 is 0 Å². The first-order valence-electron chi connectivity index (χ1n) is 5.74. The minimum atomic E-state index is -0.0137. The molecule has 1 aromatic carbocycles.